The van der Waals surface area contributed by atoms with Gasteiger partial charge in [0.25, 0.3) is 0 Å². The van der Waals surface area contributed by atoms with Crippen molar-refractivity contribution in [2.75, 3.05) is 0 Å². The lowest BCUT2D eigenvalue weighted by Crippen LogP contribution is -1.86. The maximum Gasteiger partial charge on any atom is 0.240 e. The molecule has 1 nitrogen and oxygen atoms in total. The van der Waals surface area contributed by atoms with Crippen LogP contribution in [0.5, 0.6) is 0 Å². The molecule has 1 aliphatic heterocycles. The highest BCUT2D eigenvalue weighted by Crippen LogP contribution is 2.08. The minimum Gasteiger partial charge on any atom is -0.209 e. The van der Waals surface area contributed by atoms with Crippen LogP contribution in [0.15, 0.2) is 21.8 Å². The van der Waals surface area contributed by atoms with Crippen molar-refractivity contribution in [1.29, 1.82) is 0 Å². The van der Waals surface area contributed by atoms with Crippen LogP contribution in [0.2, 0.25) is 0 Å². The lowest BCUT2D eigenvalue weighted by molar-refractivity contribution is 1.48. The van der Waals surface area contributed by atoms with Crippen LogP contribution in [0.25, 0.3) is 0 Å². The minimum atomic E-state index is 0.963. The zero-order chi connectivity index (χ0) is 5.98. The predicted molar refractivity (Wildman–Crippen MR) is 37.9 cm³/mol. The molecule has 0 amide bonds. The topological polar surface area (TPSA) is 12.4 Å². The number of nitrogens with zero attached hydrogens (tertiary/aromatic N) is 1. The quantitative estimate of drug-likeness (QED) is 0.494. The molecule has 0 bridgehead atoms. The molecule has 1 heterocycles. The molecule has 2 heteroatoms. The third kappa shape index (κ3) is 1.25. The summed E-state index contributed by atoms with van der Waals surface area (Å²) in [5.41, 5.74) is 1.01. The van der Waals surface area contributed by atoms with Crippen molar-refractivity contribution in [2.24, 2.45) is 4.99 Å². The summed E-state index contributed by atoms with van der Waals surface area (Å²) in [4.78, 5) is 3.95. The van der Waals surface area contributed by atoms with E-state index in [1.54, 1.807) is 6.20 Å². The van der Waals surface area contributed by atoms with Crippen LogP contribution in [-0.4, -0.2) is 5.71 Å². The maximum atomic E-state index is 3.95. The highest BCUT2D eigenvalue weighted by Gasteiger charge is 2.03. The highest BCUT2D eigenvalue weighted by molar-refractivity contribution is 9.11. The first-order valence-electron chi connectivity index (χ1n) is 2.29. The summed E-state index contributed by atoms with van der Waals surface area (Å²) < 4.78 is 0.963. The molecule has 0 atom stereocenters. The van der Waals surface area contributed by atoms with Gasteiger partial charge in [-0.3, -0.25) is 0 Å². The van der Waals surface area contributed by atoms with Gasteiger partial charge in [0.1, 0.15) is 17.9 Å². The molecule has 0 aliphatic carbocycles. The van der Waals surface area contributed by atoms with E-state index in [9.17, 15) is 0 Å². The SMILES string of the molecule is CC1=NC=[C+]C(Br)=C1. The summed E-state index contributed by atoms with van der Waals surface area (Å²) in [5, 5.41) is 0. The first-order valence-corrected chi connectivity index (χ1v) is 3.08. The summed E-state index contributed by atoms with van der Waals surface area (Å²) in [6.07, 6.45) is 6.45. The molecule has 8 heavy (non-hydrogen) atoms. The second-order valence-electron chi connectivity index (χ2n) is 1.54. The first kappa shape index (κ1) is 5.67. The zero-order valence-electron chi connectivity index (χ0n) is 4.48. The second kappa shape index (κ2) is 2.21. The molecule has 0 radical (unpaired) electrons. The standard InChI is InChI=1S/C6H5BrN/c1-5-4-6(7)2-3-8-5/h3-4H,1H3/q+1. The Balaban J connectivity index is 2.89. The van der Waals surface area contributed by atoms with Gasteiger partial charge in [-0.15, -0.1) is 0 Å². The van der Waals surface area contributed by atoms with Crippen molar-refractivity contribution in [1.82, 2.24) is 0 Å². The van der Waals surface area contributed by atoms with E-state index in [4.69, 9.17) is 0 Å². The number of halogens is 1. The van der Waals surface area contributed by atoms with Crippen LogP contribution in [0.4, 0.5) is 0 Å². The fraction of sp³-hybridized carbons (Fsp3) is 0.167. The van der Waals surface area contributed by atoms with Crippen LogP contribution in [-0.2, 0) is 0 Å². The Morgan fingerprint density at radius 3 is 2.88 bits per heavy atom. The van der Waals surface area contributed by atoms with E-state index in [0.29, 0.717) is 0 Å². The zero-order valence-corrected chi connectivity index (χ0v) is 6.07. The Kier molecular flexibility index (Phi) is 1.56. The fourth-order valence-electron chi connectivity index (χ4n) is 0.458. The van der Waals surface area contributed by atoms with Crippen molar-refractivity contribution in [3.63, 3.8) is 0 Å². The Morgan fingerprint density at radius 2 is 2.50 bits per heavy atom. The summed E-state index contributed by atoms with van der Waals surface area (Å²) in [7, 11) is 0. The van der Waals surface area contributed by atoms with Gasteiger partial charge in [0.2, 0.25) is 4.48 Å². The van der Waals surface area contributed by atoms with E-state index >= 15 is 0 Å². The van der Waals surface area contributed by atoms with Crippen molar-refractivity contribution >= 4 is 21.6 Å². The molecule has 1 aliphatic rings. The summed E-state index contributed by atoms with van der Waals surface area (Å²) in [5.74, 6) is 0. The lowest BCUT2D eigenvalue weighted by Gasteiger charge is -1.82. The Bertz CT molecular complexity index is 174. The molecule has 0 saturated carbocycles. The van der Waals surface area contributed by atoms with E-state index < -0.39 is 0 Å². The van der Waals surface area contributed by atoms with Gasteiger partial charge in [-0.25, -0.2) is 4.99 Å². The monoisotopic (exact) mass is 170 g/mol. The number of aliphatic imine (C=N–C) groups is 1. The summed E-state index contributed by atoms with van der Waals surface area (Å²) in [6, 6.07) is 0. The third-order valence-corrected chi connectivity index (χ3v) is 1.26. The van der Waals surface area contributed by atoms with E-state index in [1.807, 2.05) is 13.0 Å². The number of hydrogen-bond donors (Lipinski definition) is 0. The molecule has 0 unspecified atom stereocenters. The largest absolute Gasteiger partial charge is 0.240 e. The van der Waals surface area contributed by atoms with Crippen LogP contribution < -0.4 is 0 Å². The van der Waals surface area contributed by atoms with E-state index in [0.717, 1.165) is 10.2 Å². The predicted octanol–water partition coefficient (Wildman–Crippen LogP) is 2.06. The highest BCUT2D eigenvalue weighted by atomic mass is 79.9. The molecule has 0 fully saturated rings. The average Bonchev–Trinajstić information content (AvgIpc) is 1.64. The van der Waals surface area contributed by atoms with Crippen molar-refractivity contribution in [3.05, 3.63) is 22.8 Å². The number of hydrogen-bond acceptors (Lipinski definition) is 1. The Morgan fingerprint density at radius 1 is 1.75 bits per heavy atom. The van der Waals surface area contributed by atoms with Crippen LogP contribution in [0.1, 0.15) is 6.92 Å². The Labute approximate surface area is 56.9 Å². The van der Waals surface area contributed by atoms with Gasteiger partial charge in [0.05, 0.1) is 0 Å². The second-order valence-corrected chi connectivity index (χ2v) is 2.39. The summed E-state index contributed by atoms with van der Waals surface area (Å²) in [6.45, 7) is 1.94. The minimum absolute atomic E-state index is 0.963. The molecular weight excluding hydrogens is 166 g/mol. The van der Waals surface area contributed by atoms with Crippen molar-refractivity contribution < 1.29 is 0 Å². The molecule has 0 aromatic rings. The molecule has 0 saturated heterocycles. The average molecular weight is 171 g/mol. The van der Waals surface area contributed by atoms with Crippen molar-refractivity contribution in [3.8, 4) is 0 Å². The normalized spacial score (nSPS) is 16.8. The smallest absolute Gasteiger partial charge is 0.209 e. The van der Waals surface area contributed by atoms with E-state index in [-0.39, 0.29) is 0 Å². The fourth-order valence-corrected chi connectivity index (χ4v) is 0.892. The van der Waals surface area contributed by atoms with Crippen LogP contribution in [0, 0.1) is 6.08 Å². The first-order chi connectivity index (χ1) is 3.79. The van der Waals surface area contributed by atoms with Crippen molar-refractivity contribution in [2.45, 2.75) is 6.92 Å². The maximum absolute atomic E-state index is 3.95. The van der Waals surface area contributed by atoms with E-state index in [2.05, 4.69) is 27.0 Å². The van der Waals surface area contributed by atoms with Gasteiger partial charge in [-0.2, -0.15) is 0 Å². The Hall–Kier alpha value is -0.460. The van der Waals surface area contributed by atoms with Gasteiger partial charge in [0, 0.05) is 15.9 Å². The van der Waals surface area contributed by atoms with Gasteiger partial charge in [0.15, 0.2) is 6.20 Å². The van der Waals surface area contributed by atoms with Gasteiger partial charge in [-0.1, -0.05) is 0 Å². The van der Waals surface area contributed by atoms with Crippen LogP contribution >= 0.6 is 15.9 Å². The number of allylic oxidation sites excluding steroid dienone is 3. The molecular formula is C6H5BrN+. The lowest BCUT2D eigenvalue weighted by atomic mass is 10.3. The molecule has 0 N–H and O–H groups in total. The molecule has 40 valence electrons. The van der Waals surface area contributed by atoms with Gasteiger partial charge in [-0.05, 0) is 6.92 Å². The molecule has 0 aromatic carbocycles. The van der Waals surface area contributed by atoms with Crippen LogP contribution in [0.3, 0.4) is 0 Å². The van der Waals surface area contributed by atoms with Gasteiger partial charge >= 0.3 is 0 Å². The summed E-state index contributed by atoms with van der Waals surface area (Å²) >= 11 is 3.27. The third-order valence-electron chi connectivity index (χ3n) is 0.806. The van der Waals surface area contributed by atoms with Gasteiger partial charge < -0.3 is 0 Å². The molecule has 1 rings (SSSR count). The molecule has 0 aromatic heterocycles. The number of rotatable bonds is 0. The molecule has 0 spiro atoms. The van der Waals surface area contributed by atoms with E-state index in [1.165, 1.54) is 0 Å².